The SMILES string of the molecule is C[C@@]12CCCC3(COC3)[C@@H]1COc1c(F)ccc(F)c12. The molecule has 1 aromatic carbocycles. The Morgan fingerprint density at radius 1 is 1.15 bits per heavy atom. The Morgan fingerprint density at radius 3 is 2.60 bits per heavy atom. The molecule has 2 atom stereocenters. The van der Waals surface area contributed by atoms with Crippen LogP contribution < -0.4 is 4.74 Å². The molecule has 0 aromatic heterocycles. The highest BCUT2D eigenvalue weighted by molar-refractivity contribution is 5.45. The molecule has 2 heterocycles. The van der Waals surface area contributed by atoms with Crippen molar-refractivity contribution < 1.29 is 18.3 Å². The average Bonchev–Trinajstić information content (AvgIpc) is 2.39. The predicted octanol–water partition coefficient (Wildman–Crippen LogP) is 3.43. The van der Waals surface area contributed by atoms with Gasteiger partial charge in [0.05, 0.1) is 19.8 Å². The number of ether oxygens (including phenoxy) is 2. The van der Waals surface area contributed by atoms with Gasteiger partial charge < -0.3 is 9.47 Å². The van der Waals surface area contributed by atoms with Gasteiger partial charge in [-0.3, -0.25) is 0 Å². The highest BCUT2D eigenvalue weighted by Crippen LogP contribution is 2.59. The lowest BCUT2D eigenvalue weighted by molar-refractivity contribution is -0.191. The van der Waals surface area contributed by atoms with E-state index in [0.29, 0.717) is 12.2 Å². The van der Waals surface area contributed by atoms with Crippen LogP contribution in [-0.2, 0) is 10.2 Å². The molecule has 4 heteroatoms. The van der Waals surface area contributed by atoms with Gasteiger partial charge in [-0.25, -0.2) is 8.78 Å². The van der Waals surface area contributed by atoms with E-state index in [1.54, 1.807) is 0 Å². The van der Waals surface area contributed by atoms with Crippen molar-refractivity contribution in [3.8, 4) is 5.75 Å². The zero-order valence-corrected chi connectivity index (χ0v) is 11.5. The van der Waals surface area contributed by atoms with Gasteiger partial charge in [0.1, 0.15) is 5.82 Å². The second-order valence-electron chi connectivity index (χ2n) is 6.72. The Balaban J connectivity index is 1.88. The van der Waals surface area contributed by atoms with Crippen LogP contribution in [0.25, 0.3) is 0 Å². The van der Waals surface area contributed by atoms with Crippen LogP contribution in [0, 0.1) is 23.0 Å². The maximum atomic E-state index is 14.4. The number of benzene rings is 1. The monoisotopic (exact) mass is 280 g/mol. The first-order chi connectivity index (χ1) is 9.57. The number of hydrogen-bond donors (Lipinski definition) is 0. The lowest BCUT2D eigenvalue weighted by Gasteiger charge is -2.59. The Hall–Kier alpha value is -1.16. The first-order valence-corrected chi connectivity index (χ1v) is 7.26. The number of hydrogen-bond acceptors (Lipinski definition) is 2. The molecule has 20 heavy (non-hydrogen) atoms. The van der Waals surface area contributed by atoms with E-state index in [0.717, 1.165) is 38.5 Å². The maximum Gasteiger partial charge on any atom is 0.165 e. The minimum absolute atomic E-state index is 0.101. The van der Waals surface area contributed by atoms with Crippen LogP contribution in [0.3, 0.4) is 0 Å². The van der Waals surface area contributed by atoms with Crippen molar-refractivity contribution in [3.05, 3.63) is 29.3 Å². The molecule has 0 N–H and O–H groups in total. The van der Waals surface area contributed by atoms with Crippen molar-refractivity contribution in [2.75, 3.05) is 19.8 Å². The Bertz CT molecular complexity index is 568. The van der Waals surface area contributed by atoms with Gasteiger partial charge in [-0.15, -0.1) is 0 Å². The van der Waals surface area contributed by atoms with Crippen molar-refractivity contribution >= 4 is 0 Å². The van der Waals surface area contributed by atoms with Gasteiger partial charge in [0.15, 0.2) is 11.6 Å². The molecule has 2 nitrogen and oxygen atoms in total. The molecule has 1 spiro atoms. The molecule has 1 aromatic rings. The highest BCUT2D eigenvalue weighted by Gasteiger charge is 2.59. The zero-order chi connectivity index (χ0) is 14.0. The molecule has 0 unspecified atom stereocenters. The first kappa shape index (κ1) is 12.6. The summed E-state index contributed by atoms with van der Waals surface area (Å²) in [5, 5.41) is 0. The summed E-state index contributed by atoms with van der Waals surface area (Å²) in [6.07, 6.45) is 3.02. The number of rotatable bonds is 0. The van der Waals surface area contributed by atoms with E-state index < -0.39 is 5.82 Å². The topological polar surface area (TPSA) is 18.5 Å². The zero-order valence-electron chi connectivity index (χ0n) is 11.5. The molecule has 4 rings (SSSR count). The van der Waals surface area contributed by atoms with E-state index in [4.69, 9.17) is 9.47 Å². The fraction of sp³-hybridized carbons (Fsp3) is 0.625. The molecule has 1 saturated carbocycles. The van der Waals surface area contributed by atoms with E-state index in [1.807, 2.05) is 0 Å². The molecular weight excluding hydrogens is 262 g/mol. The molecule has 108 valence electrons. The van der Waals surface area contributed by atoms with E-state index in [2.05, 4.69) is 6.92 Å². The second kappa shape index (κ2) is 3.94. The minimum Gasteiger partial charge on any atom is -0.490 e. The third-order valence-electron chi connectivity index (χ3n) is 5.68. The number of halogens is 2. The van der Waals surface area contributed by atoms with E-state index in [9.17, 15) is 8.78 Å². The first-order valence-electron chi connectivity index (χ1n) is 7.26. The standard InChI is InChI=1S/C16H18F2O2/c1-15-5-2-6-16(8-19-9-16)12(15)7-20-14-11(18)4-3-10(17)13(14)15/h3-4,12H,2,5-9H2,1H3/t12-,15-/m1/s1. The Morgan fingerprint density at radius 2 is 1.90 bits per heavy atom. The van der Waals surface area contributed by atoms with Crippen LogP contribution in [0.4, 0.5) is 8.78 Å². The van der Waals surface area contributed by atoms with E-state index in [1.165, 1.54) is 6.07 Å². The molecule has 1 aliphatic carbocycles. The molecule has 1 saturated heterocycles. The molecular formula is C16H18F2O2. The molecule has 2 fully saturated rings. The van der Waals surface area contributed by atoms with Crippen molar-refractivity contribution in [1.82, 2.24) is 0 Å². The van der Waals surface area contributed by atoms with E-state index in [-0.39, 0.29) is 28.3 Å². The molecule has 3 aliphatic rings. The summed E-state index contributed by atoms with van der Waals surface area (Å²) in [6, 6.07) is 2.38. The minimum atomic E-state index is -0.453. The van der Waals surface area contributed by atoms with Gasteiger partial charge in [-0.1, -0.05) is 13.3 Å². The van der Waals surface area contributed by atoms with Crippen molar-refractivity contribution in [2.24, 2.45) is 11.3 Å². The summed E-state index contributed by atoms with van der Waals surface area (Å²) >= 11 is 0. The summed E-state index contributed by atoms with van der Waals surface area (Å²) in [5.41, 5.74) is 0.199. The normalized spacial score (nSPS) is 33.9. The third kappa shape index (κ3) is 1.40. The molecule has 0 radical (unpaired) electrons. The molecule has 0 bridgehead atoms. The Labute approximate surface area is 117 Å². The summed E-state index contributed by atoms with van der Waals surface area (Å²) in [5.74, 6) is -0.459. The van der Waals surface area contributed by atoms with Gasteiger partial charge in [-0.05, 0) is 25.0 Å². The largest absolute Gasteiger partial charge is 0.490 e. The van der Waals surface area contributed by atoms with Crippen molar-refractivity contribution in [3.63, 3.8) is 0 Å². The maximum absolute atomic E-state index is 14.4. The fourth-order valence-corrected chi connectivity index (χ4v) is 4.57. The van der Waals surface area contributed by atoms with Gasteiger partial charge in [-0.2, -0.15) is 0 Å². The predicted molar refractivity (Wildman–Crippen MR) is 69.8 cm³/mol. The van der Waals surface area contributed by atoms with Gasteiger partial charge in [0.2, 0.25) is 0 Å². The Kier molecular flexibility index (Phi) is 2.48. The van der Waals surface area contributed by atoms with E-state index >= 15 is 0 Å². The lowest BCUT2D eigenvalue weighted by atomic mass is 9.51. The van der Waals surface area contributed by atoms with Gasteiger partial charge >= 0.3 is 0 Å². The van der Waals surface area contributed by atoms with Gasteiger partial charge in [0, 0.05) is 22.3 Å². The van der Waals surface area contributed by atoms with Gasteiger partial charge in [0.25, 0.3) is 0 Å². The molecule has 0 amide bonds. The van der Waals surface area contributed by atoms with Crippen LogP contribution in [0.5, 0.6) is 5.75 Å². The van der Waals surface area contributed by atoms with Crippen molar-refractivity contribution in [2.45, 2.75) is 31.6 Å². The second-order valence-corrected chi connectivity index (χ2v) is 6.72. The summed E-state index contributed by atoms with van der Waals surface area (Å²) in [6.45, 7) is 3.99. The highest BCUT2D eigenvalue weighted by atomic mass is 19.1. The van der Waals surface area contributed by atoms with Crippen LogP contribution in [0.15, 0.2) is 12.1 Å². The fourth-order valence-electron chi connectivity index (χ4n) is 4.57. The lowest BCUT2D eigenvalue weighted by Crippen LogP contribution is -2.60. The smallest absolute Gasteiger partial charge is 0.165 e. The number of fused-ring (bicyclic) bond motifs is 4. The van der Waals surface area contributed by atoms with Crippen molar-refractivity contribution in [1.29, 1.82) is 0 Å². The summed E-state index contributed by atoms with van der Waals surface area (Å²) in [7, 11) is 0. The summed E-state index contributed by atoms with van der Waals surface area (Å²) in [4.78, 5) is 0. The van der Waals surface area contributed by atoms with Crippen LogP contribution >= 0.6 is 0 Å². The average molecular weight is 280 g/mol. The molecule has 2 aliphatic heterocycles. The van der Waals surface area contributed by atoms with Crippen LogP contribution in [0.1, 0.15) is 31.7 Å². The quantitative estimate of drug-likeness (QED) is 0.725. The van der Waals surface area contributed by atoms with Crippen LogP contribution in [-0.4, -0.2) is 19.8 Å². The third-order valence-corrected chi connectivity index (χ3v) is 5.68. The van der Waals surface area contributed by atoms with Crippen LogP contribution in [0.2, 0.25) is 0 Å². The summed E-state index contributed by atoms with van der Waals surface area (Å²) < 4.78 is 39.4.